The summed E-state index contributed by atoms with van der Waals surface area (Å²) in [5.41, 5.74) is 3.01. The lowest BCUT2D eigenvalue weighted by Gasteiger charge is -2.21. The van der Waals surface area contributed by atoms with Crippen LogP contribution in [0.15, 0.2) is 35.4 Å². The molecule has 1 amide bonds. The lowest BCUT2D eigenvalue weighted by molar-refractivity contribution is -0.117. The van der Waals surface area contributed by atoms with Crippen molar-refractivity contribution in [2.45, 2.75) is 13.3 Å². The van der Waals surface area contributed by atoms with Crippen molar-refractivity contribution in [2.75, 3.05) is 19.6 Å². The Labute approximate surface area is 106 Å². The molecule has 18 heavy (non-hydrogen) atoms. The smallest absolute Gasteiger partial charge is 0.246 e. The minimum atomic E-state index is -0.235. The molecule has 0 atom stereocenters. The van der Waals surface area contributed by atoms with E-state index in [4.69, 9.17) is 0 Å². The van der Waals surface area contributed by atoms with Gasteiger partial charge in [-0.15, -0.1) is 0 Å². The molecule has 96 valence electrons. The van der Waals surface area contributed by atoms with E-state index < -0.39 is 0 Å². The maximum Gasteiger partial charge on any atom is 0.246 e. The third-order valence-electron chi connectivity index (χ3n) is 3.16. The molecule has 2 N–H and O–H groups in total. The quantitative estimate of drug-likeness (QED) is 0.791. The lowest BCUT2D eigenvalue weighted by atomic mass is 10.0. The fourth-order valence-electron chi connectivity index (χ4n) is 1.78. The third-order valence-corrected chi connectivity index (χ3v) is 3.16. The molecule has 1 aliphatic rings. The largest absolute Gasteiger partial charge is 0.352 e. The van der Waals surface area contributed by atoms with Gasteiger partial charge in [-0.1, -0.05) is 12.1 Å². The van der Waals surface area contributed by atoms with Crippen LogP contribution in [0.5, 0.6) is 0 Å². The summed E-state index contributed by atoms with van der Waals surface area (Å²) >= 11 is 0. The van der Waals surface area contributed by atoms with Gasteiger partial charge >= 0.3 is 0 Å². The van der Waals surface area contributed by atoms with E-state index in [0.29, 0.717) is 13.0 Å². The Morgan fingerprint density at radius 3 is 2.56 bits per heavy atom. The minimum absolute atomic E-state index is 0.00592. The molecule has 2 rings (SSSR count). The molecule has 0 radical (unpaired) electrons. The first-order valence-corrected chi connectivity index (χ1v) is 6.09. The molecule has 0 saturated carbocycles. The van der Waals surface area contributed by atoms with Crippen molar-refractivity contribution in [1.29, 1.82) is 0 Å². The molecule has 1 aromatic carbocycles. The molecular weight excluding hydrogens is 231 g/mol. The molecule has 0 aromatic heterocycles. The van der Waals surface area contributed by atoms with Gasteiger partial charge in [-0.2, -0.15) is 0 Å². The standard InChI is InChI=1S/C14H17FN2O/c1-10(12-8-16-9-12)14(18)17-7-6-11-2-4-13(15)5-3-11/h2-5,16H,6-9H2,1H3,(H,17,18). The molecule has 4 heteroatoms. The topological polar surface area (TPSA) is 41.1 Å². The molecule has 1 heterocycles. The van der Waals surface area contributed by atoms with Gasteiger partial charge in [-0.05, 0) is 36.6 Å². The van der Waals surface area contributed by atoms with Crippen molar-refractivity contribution in [2.24, 2.45) is 0 Å². The van der Waals surface area contributed by atoms with Crippen molar-refractivity contribution >= 4 is 5.91 Å². The zero-order valence-corrected chi connectivity index (χ0v) is 10.4. The third kappa shape index (κ3) is 3.17. The van der Waals surface area contributed by atoms with Crippen LogP contribution in [-0.2, 0) is 11.2 Å². The number of benzene rings is 1. The van der Waals surface area contributed by atoms with Crippen LogP contribution in [0.4, 0.5) is 4.39 Å². The Morgan fingerprint density at radius 2 is 2.00 bits per heavy atom. The second-order valence-electron chi connectivity index (χ2n) is 4.46. The first-order valence-electron chi connectivity index (χ1n) is 6.09. The number of halogens is 1. The van der Waals surface area contributed by atoms with Gasteiger partial charge in [0.2, 0.25) is 5.91 Å². The van der Waals surface area contributed by atoms with E-state index in [0.717, 1.165) is 24.2 Å². The van der Waals surface area contributed by atoms with Crippen LogP contribution in [-0.4, -0.2) is 25.5 Å². The maximum atomic E-state index is 12.7. The highest BCUT2D eigenvalue weighted by atomic mass is 19.1. The predicted molar refractivity (Wildman–Crippen MR) is 68.7 cm³/mol. The van der Waals surface area contributed by atoms with Gasteiger partial charge in [0.05, 0.1) is 0 Å². The highest BCUT2D eigenvalue weighted by molar-refractivity contribution is 5.93. The summed E-state index contributed by atoms with van der Waals surface area (Å²) in [5.74, 6) is -0.241. The first kappa shape index (κ1) is 12.8. The summed E-state index contributed by atoms with van der Waals surface area (Å²) in [6.07, 6.45) is 0.715. The number of carbonyl (C=O) groups is 1. The van der Waals surface area contributed by atoms with Crippen LogP contribution in [0.25, 0.3) is 0 Å². The normalized spacial score (nSPS) is 14.0. The SMILES string of the molecule is CC(C(=O)NCCc1ccc(F)cc1)=C1CNC1. The van der Waals surface area contributed by atoms with Crippen LogP contribution in [0.1, 0.15) is 12.5 Å². The minimum Gasteiger partial charge on any atom is -0.352 e. The second-order valence-corrected chi connectivity index (χ2v) is 4.46. The van der Waals surface area contributed by atoms with Gasteiger partial charge in [0.25, 0.3) is 0 Å². The molecule has 0 spiro atoms. The molecule has 1 aliphatic heterocycles. The number of amides is 1. The average Bonchev–Trinajstić information content (AvgIpc) is 2.29. The number of rotatable bonds is 4. The summed E-state index contributed by atoms with van der Waals surface area (Å²) in [6.45, 7) is 4.06. The van der Waals surface area contributed by atoms with Crippen molar-refractivity contribution in [3.05, 3.63) is 46.8 Å². The van der Waals surface area contributed by atoms with E-state index in [1.807, 2.05) is 6.92 Å². The van der Waals surface area contributed by atoms with Crippen molar-refractivity contribution in [3.63, 3.8) is 0 Å². The Kier molecular flexibility index (Phi) is 4.10. The Balaban J connectivity index is 1.78. The van der Waals surface area contributed by atoms with Gasteiger partial charge in [0.15, 0.2) is 0 Å². The van der Waals surface area contributed by atoms with Gasteiger partial charge in [-0.3, -0.25) is 4.79 Å². The van der Waals surface area contributed by atoms with E-state index >= 15 is 0 Å². The average molecular weight is 248 g/mol. The van der Waals surface area contributed by atoms with Gasteiger partial charge in [-0.25, -0.2) is 4.39 Å². The second kappa shape index (κ2) is 5.78. The first-order chi connectivity index (χ1) is 8.66. The van der Waals surface area contributed by atoms with Crippen LogP contribution >= 0.6 is 0 Å². The summed E-state index contributed by atoms with van der Waals surface area (Å²) < 4.78 is 12.7. The predicted octanol–water partition coefficient (Wildman–Crippen LogP) is 1.40. The summed E-state index contributed by atoms with van der Waals surface area (Å²) in [4.78, 5) is 11.8. The maximum absolute atomic E-state index is 12.7. The van der Waals surface area contributed by atoms with E-state index in [-0.39, 0.29) is 11.7 Å². The number of carbonyl (C=O) groups excluding carboxylic acids is 1. The van der Waals surface area contributed by atoms with Gasteiger partial charge in [0.1, 0.15) is 5.82 Å². The fourth-order valence-corrected chi connectivity index (χ4v) is 1.78. The molecule has 1 saturated heterocycles. The Morgan fingerprint density at radius 1 is 1.33 bits per heavy atom. The van der Waals surface area contributed by atoms with Gasteiger partial charge in [0, 0.05) is 25.2 Å². The van der Waals surface area contributed by atoms with E-state index in [9.17, 15) is 9.18 Å². The van der Waals surface area contributed by atoms with Crippen molar-refractivity contribution < 1.29 is 9.18 Å². The highest BCUT2D eigenvalue weighted by Crippen LogP contribution is 2.08. The number of nitrogens with one attached hydrogen (secondary N) is 2. The lowest BCUT2D eigenvalue weighted by Crippen LogP contribution is -2.38. The summed E-state index contributed by atoms with van der Waals surface area (Å²) in [6, 6.07) is 6.35. The summed E-state index contributed by atoms with van der Waals surface area (Å²) in [5, 5.41) is 5.99. The molecular formula is C14H17FN2O. The van der Waals surface area contributed by atoms with Crippen LogP contribution in [0.3, 0.4) is 0 Å². The Hall–Kier alpha value is -1.68. The molecule has 0 aliphatic carbocycles. The van der Waals surface area contributed by atoms with Crippen LogP contribution in [0.2, 0.25) is 0 Å². The van der Waals surface area contributed by atoms with Crippen LogP contribution < -0.4 is 10.6 Å². The van der Waals surface area contributed by atoms with Crippen molar-refractivity contribution in [1.82, 2.24) is 10.6 Å². The molecule has 1 aromatic rings. The summed E-state index contributed by atoms with van der Waals surface area (Å²) in [7, 11) is 0. The monoisotopic (exact) mass is 248 g/mol. The zero-order chi connectivity index (χ0) is 13.0. The number of hydrogen-bond acceptors (Lipinski definition) is 2. The molecule has 0 bridgehead atoms. The highest BCUT2D eigenvalue weighted by Gasteiger charge is 2.15. The molecule has 1 fully saturated rings. The van der Waals surface area contributed by atoms with E-state index in [1.54, 1.807) is 12.1 Å². The number of hydrogen-bond donors (Lipinski definition) is 2. The Bertz CT molecular complexity index is 459. The fraction of sp³-hybridized carbons (Fsp3) is 0.357. The van der Waals surface area contributed by atoms with Crippen LogP contribution in [0, 0.1) is 5.82 Å². The van der Waals surface area contributed by atoms with Gasteiger partial charge < -0.3 is 10.6 Å². The zero-order valence-electron chi connectivity index (χ0n) is 10.4. The van der Waals surface area contributed by atoms with E-state index in [1.165, 1.54) is 17.7 Å². The molecule has 0 unspecified atom stereocenters. The molecule has 3 nitrogen and oxygen atoms in total. The van der Waals surface area contributed by atoms with E-state index in [2.05, 4.69) is 10.6 Å². The van der Waals surface area contributed by atoms with Crippen molar-refractivity contribution in [3.8, 4) is 0 Å².